The molecule has 1 fully saturated rings. The van der Waals surface area contributed by atoms with Gasteiger partial charge in [-0.3, -0.25) is 0 Å². The molecule has 0 aromatic carbocycles. The Labute approximate surface area is 109 Å². The second-order valence-corrected chi connectivity index (χ2v) is 4.99. The van der Waals surface area contributed by atoms with Crippen LogP contribution in [-0.4, -0.2) is 16.6 Å². The van der Waals surface area contributed by atoms with Crippen molar-refractivity contribution in [3.8, 4) is 0 Å². The van der Waals surface area contributed by atoms with E-state index in [9.17, 15) is 0 Å². The summed E-state index contributed by atoms with van der Waals surface area (Å²) in [6.45, 7) is 6.80. The highest BCUT2D eigenvalue weighted by atomic mass is 16.5. The Morgan fingerprint density at radius 1 is 1.22 bits per heavy atom. The van der Waals surface area contributed by atoms with Gasteiger partial charge in [-0.1, -0.05) is 6.92 Å². The highest BCUT2D eigenvalue weighted by molar-refractivity contribution is 5.41. The van der Waals surface area contributed by atoms with Crippen LogP contribution in [0.15, 0.2) is 0 Å². The molecule has 0 radical (unpaired) electrons. The third-order valence-corrected chi connectivity index (χ3v) is 3.86. The van der Waals surface area contributed by atoms with Crippen LogP contribution in [0.4, 0.5) is 5.82 Å². The number of rotatable bonds is 4. The molecule has 0 unspecified atom stereocenters. The SMILES string of the molecule is CCOC1(c2nc(N)c(C)c(CC)n2)CCCC1. The quantitative estimate of drug-likeness (QED) is 0.891. The van der Waals surface area contributed by atoms with E-state index >= 15 is 0 Å². The van der Waals surface area contributed by atoms with Crippen LogP contribution in [-0.2, 0) is 16.8 Å². The van der Waals surface area contributed by atoms with Crippen molar-refractivity contribution in [2.24, 2.45) is 0 Å². The van der Waals surface area contributed by atoms with Gasteiger partial charge in [-0.15, -0.1) is 0 Å². The number of hydrogen-bond acceptors (Lipinski definition) is 4. The van der Waals surface area contributed by atoms with Gasteiger partial charge in [0.05, 0.1) is 0 Å². The molecule has 0 spiro atoms. The predicted molar refractivity (Wildman–Crippen MR) is 72.3 cm³/mol. The molecule has 1 heterocycles. The summed E-state index contributed by atoms with van der Waals surface area (Å²) in [6, 6.07) is 0. The molecule has 2 N–H and O–H groups in total. The summed E-state index contributed by atoms with van der Waals surface area (Å²) >= 11 is 0. The fourth-order valence-corrected chi connectivity index (χ4v) is 2.79. The van der Waals surface area contributed by atoms with Gasteiger partial charge in [-0.25, -0.2) is 9.97 Å². The van der Waals surface area contributed by atoms with Crippen LogP contribution < -0.4 is 5.73 Å². The fraction of sp³-hybridized carbons (Fsp3) is 0.714. The van der Waals surface area contributed by atoms with Crippen molar-refractivity contribution >= 4 is 5.82 Å². The zero-order chi connectivity index (χ0) is 13.2. The van der Waals surface area contributed by atoms with Crippen molar-refractivity contribution in [1.82, 2.24) is 9.97 Å². The molecule has 100 valence electrons. The number of hydrogen-bond donors (Lipinski definition) is 1. The first-order valence-corrected chi connectivity index (χ1v) is 6.90. The smallest absolute Gasteiger partial charge is 0.162 e. The van der Waals surface area contributed by atoms with E-state index in [1.807, 2.05) is 13.8 Å². The van der Waals surface area contributed by atoms with Gasteiger partial charge in [-0.2, -0.15) is 0 Å². The number of ether oxygens (including phenoxy) is 1. The lowest BCUT2D eigenvalue weighted by Crippen LogP contribution is -2.30. The normalized spacial score (nSPS) is 18.2. The zero-order valence-corrected chi connectivity index (χ0v) is 11.6. The van der Waals surface area contributed by atoms with Gasteiger partial charge in [0, 0.05) is 17.9 Å². The minimum atomic E-state index is -0.291. The third-order valence-electron chi connectivity index (χ3n) is 3.86. The van der Waals surface area contributed by atoms with Gasteiger partial charge in [0.15, 0.2) is 5.82 Å². The Hall–Kier alpha value is -1.16. The fourth-order valence-electron chi connectivity index (χ4n) is 2.79. The molecule has 1 saturated carbocycles. The molecule has 1 aliphatic rings. The standard InChI is InChI=1S/C14H23N3O/c1-4-11-10(3)12(15)17-13(16-11)14(18-5-2)8-6-7-9-14/h4-9H2,1-3H3,(H2,15,16,17). The highest BCUT2D eigenvalue weighted by Crippen LogP contribution is 2.41. The Kier molecular flexibility index (Phi) is 3.85. The van der Waals surface area contributed by atoms with Crippen LogP contribution >= 0.6 is 0 Å². The Morgan fingerprint density at radius 3 is 2.44 bits per heavy atom. The van der Waals surface area contributed by atoms with Crippen LogP contribution in [0.25, 0.3) is 0 Å². The first-order valence-electron chi connectivity index (χ1n) is 6.90. The zero-order valence-electron chi connectivity index (χ0n) is 11.6. The topological polar surface area (TPSA) is 61.0 Å². The molecule has 0 aliphatic heterocycles. The molecule has 2 rings (SSSR count). The van der Waals surface area contributed by atoms with Crippen LogP contribution in [0.2, 0.25) is 0 Å². The number of aryl methyl sites for hydroxylation is 1. The largest absolute Gasteiger partial charge is 0.383 e. The minimum absolute atomic E-state index is 0.291. The Morgan fingerprint density at radius 2 is 1.89 bits per heavy atom. The average molecular weight is 249 g/mol. The molecule has 0 amide bonds. The van der Waals surface area contributed by atoms with Crippen molar-refractivity contribution in [2.75, 3.05) is 12.3 Å². The van der Waals surface area contributed by atoms with Crippen LogP contribution in [0.3, 0.4) is 0 Å². The summed E-state index contributed by atoms with van der Waals surface area (Å²) in [5.41, 5.74) is 7.77. The van der Waals surface area contributed by atoms with Crippen molar-refractivity contribution in [3.05, 3.63) is 17.1 Å². The van der Waals surface area contributed by atoms with Gasteiger partial charge < -0.3 is 10.5 Å². The van der Waals surface area contributed by atoms with E-state index < -0.39 is 0 Å². The number of nitrogen functional groups attached to an aromatic ring is 1. The monoisotopic (exact) mass is 249 g/mol. The van der Waals surface area contributed by atoms with Gasteiger partial charge >= 0.3 is 0 Å². The molecule has 0 atom stereocenters. The number of nitrogens with zero attached hydrogens (tertiary/aromatic N) is 2. The van der Waals surface area contributed by atoms with Gasteiger partial charge in [0.2, 0.25) is 0 Å². The molecule has 1 aromatic rings. The summed E-state index contributed by atoms with van der Waals surface area (Å²) in [6.07, 6.45) is 5.25. The molecule has 18 heavy (non-hydrogen) atoms. The molecule has 0 saturated heterocycles. The van der Waals surface area contributed by atoms with Crippen LogP contribution in [0.5, 0.6) is 0 Å². The molecular weight excluding hydrogens is 226 g/mol. The molecule has 4 nitrogen and oxygen atoms in total. The van der Waals surface area contributed by atoms with E-state index in [-0.39, 0.29) is 5.60 Å². The van der Waals surface area contributed by atoms with E-state index in [0.717, 1.165) is 36.3 Å². The van der Waals surface area contributed by atoms with E-state index in [1.54, 1.807) is 0 Å². The van der Waals surface area contributed by atoms with Gasteiger partial charge in [-0.05, 0) is 46.0 Å². The van der Waals surface area contributed by atoms with Gasteiger partial charge in [0.1, 0.15) is 11.4 Å². The maximum Gasteiger partial charge on any atom is 0.162 e. The Bertz CT molecular complexity index is 425. The lowest BCUT2D eigenvalue weighted by atomic mass is 10.00. The number of anilines is 1. The average Bonchev–Trinajstić information content (AvgIpc) is 2.82. The summed E-state index contributed by atoms with van der Waals surface area (Å²) < 4.78 is 5.99. The molecule has 1 aromatic heterocycles. The first kappa shape index (κ1) is 13.3. The first-order chi connectivity index (χ1) is 8.63. The maximum absolute atomic E-state index is 6.01. The van der Waals surface area contributed by atoms with E-state index in [4.69, 9.17) is 15.5 Å². The highest BCUT2D eigenvalue weighted by Gasteiger charge is 2.39. The molecule has 1 aliphatic carbocycles. The van der Waals surface area contributed by atoms with E-state index in [2.05, 4.69) is 11.9 Å². The van der Waals surface area contributed by atoms with E-state index in [0.29, 0.717) is 12.4 Å². The Balaban J connectivity index is 2.45. The summed E-state index contributed by atoms with van der Waals surface area (Å²) in [5, 5.41) is 0. The van der Waals surface area contributed by atoms with Crippen molar-refractivity contribution < 1.29 is 4.74 Å². The van der Waals surface area contributed by atoms with Crippen molar-refractivity contribution in [3.63, 3.8) is 0 Å². The second-order valence-electron chi connectivity index (χ2n) is 4.99. The molecule has 4 heteroatoms. The second kappa shape index (κ2) is 5.22. The predicted octanol–water partition coefficient (Wildman–Crippen LogP) is 2.74. The minimum Gasteiger partial charge on any atom is -0.383 e. The third kappa shape index (κ3) is 2.21. The number of aromatic nitrogens is 2. The summed E-state index contributed by atoms with van der Waals surface area (Å²) in [7, 11) is 0. The summed E-state index contributed by atoms with van der Waals surface area (Å²) in [4.78, 5) is 9.20. The maximum atomic E-state index is 6.01. The van der Waals surface area contributed by atoms with Crippen molar-refractivity contribution in [1.29, 1.82) is 0 Å². The van der Waals surface area contributed by atoms with E-state index in [1.165, 1.54) is 12.8 Å². The number of nitrogens with two attached hydrogens (primary N) is 1. The molecular formula is C14H23N3O. The van der Waals surface area contributed by atoms with Crippen LogP contribution in [0.1, 0.15) is 56.6 Å². The van der Waals surface area contributed by atoms with Gasteiger partial charge in [0.25, 0.3) is 0 Å². The van der Waals surface area contributed by atoms with Crippen molar-refractivity contribution in [2.45, 2.75) is 58.5 Å². The molecule has 0 bridgehead atoms. The summed E-state index contributed by atoms with van der Waals surface area (Å²) in [5.74, 6) is 1.39. The van der Waals surface area contributed by atoms with Crippen LogP contribution in [0, 0.1) is 6.92 Å². The lowest BCUT2D eigenvalue weighted by molar-refractivity contribution is -0.0457. The lowest BCUT2D eigenvalue weighted by Gasteiger charge is -2.28.